The molecular formula is C17H14F3N3O2S. The molecule has 1 saturated heterocycles. The molecule has 2 atom stereocenters. The van der Waals surface area contributed by atoms with Crippen molar-refractivity contribution in [3.8, 4) is 0 Å². The Hall–Kier alpha value is -2.39. The third-order valence-corrected chi connectivity index (χ3v) is 6.13. The van der Waals surface area contributed by atoms with Gasteiger partial charge < -0.3 is 10.6 Å². The van der Waals surface area contributed by atoms with Gasteiger partial charge in [-0.05, 0) is 24.6 Å². The number of carbonyl (C=O) groups excluding carboxylic acids is 1. The lowest BCUT2D eigenvalue weighted by molar-refractivity contribution is 0.102. The van der Waals surface area contributed by atoms with Crippen molar-refractivity contribution in [1.29, 1.82) is 0 Å². The summed E-state index contributed by atoms with van der Waals surface area (Å²) in [5, 5.41) is 5.54. The first-order chi connectivity index (χ1) is 12.4. The zero-order valence-corrected chi connectivity index (χ0v) is 14.2. The van der Waals surface area contributed by atoms with Gasteiger partial charge in [-0.1, -0.05) is 0 Å². The molecule has 0 saturated carbocycles. The van der Waals surface area contributed by atoms with Crippen LogP contribution in [0, 0.1) is 17.5 Å². The molecule has 2 heterocycles. The Kier molecular flexibility index (Phi) is 4.20. The minimum absolute atomic E-state index is 0.183. The average molecular weight is 381 g/mol. The van der Waals surface area contributed by atoms with Crippen LogP contribution in [0.15, 0.2) is 35.2 Å². The van der Waals surface area contributed by atoms with Gasteiger partial charge in [0.2, 0.25) is 0 Å². The van der Waals surface area contributed by atoms with E-state index in [4.69, 9.17) is 0 Å². The highest BCUT2D eigenvalue weighted by molar-refractivity contribution is 7.83. The number of fused-ring (bicyclic) bond motifs is 2. The molecular weight excluding hydrogens is 367 g/mol. The van der Waals surface area contributed by atoms with E-state index < -0.39 is 34.3 Å². The van der Waals surface area contributed by atoms with Crippen LogP contribution in [0.3, 0.4) is 0 Å². The highest BCUT2D eigenvalue weighted by Gasteiger charge is 2.36. The highest BCUT2D eigenvalue weighted by Crippen LogP contribution is 2.32. The van der Waals surface area contributed by atoms with E-state index in [1.165, 1.54) is 12.1 Å². The second kappa shape index (κ2) is 6.40. The molecule has 0 radical (unpaired) electrons. The molecule has 26 heavy (non-hydrogen) atoms. The Morgan fingerprint density at radius 1 is 1.19 bits per heavy atom. The molecule has 5 nitrogen and oxygen atoms in total. The molecule has 2 aromatic carbocycles. The number of hydrogen-bond donors (Lipinski definition) is 2. The van der Waals surface area contributed by atoms with Crippen LogP contribution in [0.2, 0.25) is 0 Å². The van der Waals surface area contributed by atoms with E-state index in [9.17, 15) is 22.2 Å². The largest absolute Gasteiger partial charge is 0.382 e. The van der Waals surface area contributed by atoms with Crippen molar-refractivity contribution in [3.63, 3.8) is 0 Å². The fourth-order valence-electron chi connectivity index (χ4n) is 2.98. The van der Waals surface area contributed by atoms with E-state index >= 15 is 0 Å². The molecule has 0 spiro atoms. The first kappa shape index (κ1) is 17.0. The minimum Gasteiger partial charge on any atom is -0.382 e. The number of anilines is 2. The van der Waals surface area contributed by atoms with Gasteiger partial charge in [0.1, 0.15) is 11.0 Å². The average Bonchev–Trinajstić information content (AvgIpc) is 2.66. The summed E-state index contributed by atoms with van der Waals surface area (Å²) in [6.07, 6.45) is 0.960. The molecule has 2 aliphatic rings. The second-order valence-electron chi connectivity index (χ2n) is 6.13. The highest BCUT2D eigenvalue weighted by atomic mass is 32.2. The van der Waals surface area contributed by atoms with Crippen molar-refractivity contribution >= 4 is 28.3 Å². The van der Waals surface area contributed by atoms with Crippen LogP contribution in [0.5, 0.6) is 0 Å². The molecule has 2 aliphatic heterocycles. The number of benzene rings is 2. The summed E-state index contributed by atoms with van der Waals surface area (Å²) >= 11 is 0. The van der Waals surface area contributed by atoms with Crippen molar-refractivity contribution < 1.29 is 22.2 Å². The lowest BCUT2D eigenvalue weighted by Gasteiger charge is -2.37. The SMILES string of the molecule is O=C(Nc1cc(F)c(F)c(F)c1)c1ccc2c(c1)S(=O)N1CCC1CN2. The molecule has 2 aromatic rings. The number of hydrogen-bond acceptors (Lipinski definition) is 3. The molecule has 136 valence electrons. The molecule has 1 fully saturated rings. The molecule has 4 rings (SSSR count). The van der Waals surface area contributed by atoms with Crippen molar-refractivity contribution in [2.45, 2.75) is 17.4 Å². The Labute approximate surface area is 149 Å². The normalized spacial score (nSPS) is 21.7. The fraction of sp³-hybridized carbons (Fsp3) is 0.235. The van der Waals surface area contributed by atoms with Crippen molar-refractivity contribution in [2.24, 2.45) is 0 Å². The van der Waals surface area contributed by atoms with E-state index in [0.29, 0.717) is 29.3 Å². The summed E-state index contributed by atoms with van der Waals surface area (Å²) in [6.45, 7) is 1.40. The zero-order valence-electron chi connectivity index (χ0n) is 13.4. The maximum absolute atomic E-state index is 13.3. The lowest BCUT2D eigenvalue weighted by Crippen LogP contribution is -2.50. The van der Waals surface area contributed by atoms with Crippen LogP contribution < -0.4 is 10.6 Å². The standard InChI is InChI=1S/C17H14F3N3O2S/c18-12-6-10(7-13(19)16(12)20)22-17(24)9-1-2-14-15(5-9)26(25)23-4-3-11(23)8-21-14/h1-2,5-7,11,21H,3-4,8H2,(H,22,24). The zero-order chi connectivity index (χ0) is 18.4. The number of nitrogens with one attached hydrogen (secondary N) is 2. The molecule has 0 aliphatic carbocycles. The van der Waals surface area contributed by atoms with E-state index in [1.807, 2.05) is 4.31 Å². The van der Waals surface area contributed by atoms with Gasteiger partial charge in [-0.15, -0.1) is 0 Å². The quantitative estimate of drug-likeness (QED) is 0.787. The van der Waals surface area contributed by atoms with E-state index in [1.54, 1.807) is 6.07 Å². The van der Waals surface area contributed by atoms with Crippen molar-refractivity contribution in [2.75, 3.05) is 23.7 Å². The van der Waals surface area contributed by atoms with Gasteiger partial charge in [0.05, 0.1) is 10.6 Å². The smallest absolute Gasteiger partial charge is 0.255 e. The monoisotopic (exact) mass is 381 g/mol. The summed E-state index contributed by atoms with van der Waals surface area (Å²) in [5.74, 6) is -5.02. The number of rotatable bonds is 2. The van der Waals surface area contributed by atoms with Gasteiger partial charge >= 0.3 is 0 Å². The minimum atomic E-state index is -1.60. The fourth-order valence-corrected chi connectivity index (χ4v) is 4.51. The Morgan fingerprint density at radius 2 is 1.92 bits per heavy atom. The summed E-state index contributed by atoms with van der Waals surface area (Å²) in [7, 11) is -1.38. The summed E-state index contributed by atoms with van der Waals surface area (Å²) in [5.41, 5.74) is 0.666. The van der Waals surface area contributed by atoms with Gasteiger partial charge in [-0.3, -0.25) is 4.79 Å². The van der Waals surface area contributed by atoms with Crippen LogP contribution in [0.4, 0.5) is 24.5 Å². The number of halogens is 3. The molecule has 2 unspecified atom stereocenters. The summed E-state index contributed by atoms with van der Waals surface area (Å²) < 4.78 is 54.1. The number of amides is 1. The predicted octanol–water partition coefficient (Wildman–Crippen LogP) is 2.88. The van der Waals surface area contributed by atoms with Crippen LogP contribution in [-0.2, 0) is 11.0 Å². The van der Waals surface area contributed by atoms with E-state index in [-0.39, 0.29) is 17.3 Å². The maximum atomic E-state index is 13.3. The van der Waals surface area contributed by atoms with E-state index in [0.717, 1.165) is 13.0 Å². The molecule has 0 aromatic heterocycles. The summed E-state index contributed by atoms with van der Waals surface area (Å²) in [4.78, 5) is 12.9. The molecule has 2 N–H and O–H groups in total. The topological polar surface area (TPSA) is 61.4 Å². The number of carbonyl (C=O) groups is 1. The van der Waals surface area contributed by atoms with Crippen molar-refractivity contribution in [3.05, 3.63) is 53.3 Å². The van der Waals surface area contributed by atoms with Gasteiger partial charge in [0, 0.05) is 42.5 Å². The van der Waals surface area contributed by atoms with Gasteiger partial charge in [0.25, 0.3) is 5.91 Å². The molecule has 0 bridgehead atoms. The third-order valence-electron chi connectivity index (χ3n) is 4.50. The van der Waals surface area contributed by atoms with Crippen LogP contribution in [0.1, 0.15) is 16.8 Å². The van der Waals surface area contributed by atoms with Crippen LogP contribution in [-0.4, -0.2) is 33.6 Å². The second-order valence-corrected chi connectivity index (χ2v) is 7.54. The first-order valence-electron chi connectivity index (χ1n) is 7.96. The molecule has 1 amide bonds. The lowest BCUT2D eigenvalue weighted by atomic mass is 10.1. The first-order valence-corrected chi connectivity index (χ1v) is 9.07. The van der Waals surface area contributed by atoms with Crippen LogP contribution in [0.25, 0.3) is 0 Å². The van der Waals surface area contributed by atoms with E-state index in [2.05, 4.69) is 10.6 Å². The Bertz CT molecular complexity index is 914. The maximum Gasteiger partial charge on any atom is 0.255 e. The predicted molar refractivity (Wildman–Crippen MR) is 90.7 cm³/mol. The van der Waals surface area contributed by atoms with Crippen molar-refractivity contribution in [1.82, 2.24) is 4.31 Å². The molecule has 9 heteroatoms. The van der Waals surface area contributed by atoms with Gasteiger partial charge in [-0.2, -0.15) is 0 Å². The van der Waals surface area contributed by atoms with Gasteiger partial charge in [0.15, 0.2) is 17.5 Å². The third kappa shape index (κ3) is 2.86. The van der Waals surface area contributed by atoms with Gasteiger partial charge in [-0.25, -0.2) is 21.7 Å². The Morgan fingerprint density at radius 3 is 2.58 bits per heavy atom. The Balaban J connectivity index is 1.61. The summed E-state index contributed by atoms with van der Waals surface area (Å²) in [6, 6.07) is 6.27. The van der Waals surface area contributed by atoms with Crippen LogP contribution >= 0.6 is 0 Å². The number of nitrogens with zero attached hydrogens (tertiary/aromatic N) is 1.